The molecule has 0 radical (unpaired) electrons. The zero-order valence-electron chi connectivity index (χ0n) is 19.2. The fraction of sp³-hybridized carbons (Fsp3) is 0.130. The molecule has 0 saturated carbocycles. The average Bonchev–Trinajstić information content (AvgIpc) is 2.88. The van der Waals surface area contributed by atoms with Gasteiger partial charge in [-0.3, -0.25) is 15.5 Å². The van der Waals surface area contributed by atoms with Gasteiger partial charge in [0.15, 0.2) is 17.2 Å². The lowest BCUT2D eigenvalue weighted by atomic mass is 10.1. The van der Waals surface area contributed by atoms with Crippen molar-refractivity contribution in [2.45, 2.75) is 12.8 Å². The smallest absolute Gasteiger partial charge is 0.414 e. The molecule has 0 saturated heterocycles. The van der Waals surface area contributed by atoms with E-state index in [2.05, 4.69) is 25.2 Å². The highest BCUT2D eigenvalue weighted by molar-refractivity contribution is 6.47. The Kier molecular flexibility index (Phi) is 8.95. The van der Waals surface area contributed by atoms with Crippen LogP contribution in [-0.2, 0) is 15.5 Å². The van der Waals surface area contributed by atoms with Crippen LogP contribution in [0.5, 0.6) is 17.5 Å². The van der Waals surface area contributed by atoms with Crippen LogP contribution in [0.1, 0.15) is 18.2 Å². The maximum Gasteiger partial charge on any atom is 0.414 e. The topological polar surface area (TPSA) is 159 Å². The molecule has 0 bridgehead atoms. The number of aromatic nitrogens is 2. The zero-order valence-corrected chi connectivity index (χ0v) is 20.7. The minimum Gasteiger partial charge on any atom is -0.504 e. The Morgan fingerprint density at radius 3 is 2.47 bits per heavy atom. The van der Waals surface area contributed by atoms with E-state index in [0.29, 0.717) is 0 Å². The van der Waals surface area contributed by atoms with Crippen molar-refractivity contribution in [3.8, 4) is 23.6 Å². The highest BCUT2D eigenvalue weighted by Gasteiger charge is 2.39. The molecule has 11 nitrogen and oxygen atoms in total. The summed E-state index contributed by atoms with van der Waals surface area (Å²) in [4.78, 5) is 30.6. The lowest BCUT2D eigenvalue weighted by molar-refractivity contribution is -0.114. The van der Waals surface area contributed by atoms with Gasteiger partial charge < -0.3 is 14.6 Å². The SMILES string of the molecule is CCOC(=O)NC(=O)/C(C#N)=N/Nc1cc(Cl)c(Oc2ncc(O)c(C(F)(F)c3ccccc3)n2)c(Cl)c1. The molecule has 38 heavy (non-hydrogen) atoms. The summed E-state index contributed by atoms with van der Waals surface area (Å²) >= 11 is 12.4. The van der Waals surface area contributed by atoms with Crippen LogP contribution in [0.25, 0.3) is 0 Å². The summed E-state index contributed by atoms with van der Waals surface area (Å²) in [6.07, 6.45) is -0.319. The van der Waals surface area contributed by atoms with Crippen molar-refractivity contribution in [3.63, 3.8) is 0 Å². The fourth-order valence-electron chi connectivity index (χ4n) is 2.80. The number of nitriles is 1. The highest BCUT2D eigenvalue weighted by Crippen LogP contribution is 2.41. The van der Waals surface area contributed by atoms with Gasteiger partial charge in [-0.2, -0.15) is 29.1 Å². The molecule has 0 aliphatic rings. The van der Waals surface area contributed by atoms with Crippen molar-refractivity contribution >= 4 is 46.6 Å². The van der Waals surface area contributed by atoms with E-state index >= 15 is 0 Å². The summed E-state index contributed by atoms with van der Waals surface area (Å²) in [5.41, 5.74) is 0.332. The van der Waals surface area contributed by atoms with Crippen LogP contribution >= 0.6 is 23.2 Å². The average molecular weight is 565 g/mol. The van der Waals surface area contributed by atoms with Crippen LogP contribution in [0.4, 0.5) is 19.3 Å². The first-order valence-electron chi connectivity index (χ1n) is 10.4. The Bertz CT molecular complexity index is 1410. The van der Waals surface area contributed by atoms with Crippen molar-refractivity contribution in [1.29, 1.82) is 5.26 Å². The number of alkyl halides is 2. The van der Waals surface area contributed by atoms with E-state index in [0.717, 1.165) is 6.20 Å². The summed E-state index contributed by atoms with van der Waals surface area (Å²) < 4.78 is 39.9. The molecule has 196 valence electrons. The van der Waals surface area contributed by atoms with E-state index in [1.807, 2.05) is 0 Å². The van der Waals surface area contributed by atoms with Crippen LogP contribution in [0.2, 0.25) is 10.0 Å². The fourth-order valence-corrected chi connectivity index (χ4v) is 3.37. The lowest BCUT2D eigenvalue weighted by Crippen LogP contribution is -2.36. The largest absolute Gasteiger partial charge is 0.504 e. The number of carbonyl (C=O) groups is 2. The molecule has 0 spiro atoms. The Balaban J connectivity index is 1.82. The van der Waals surface area contributed by atoms with Crippen molar-refractivity contribution < 1.29 is 33.0 Å². The number of ether oxygens (including phenoxy) is 2. The minimum atomic E-state index is -3.68. The molecule has 3 N–H and O–H groups in total. The van der Waals surface area contributed by atoms with E-state index in [4.69, 9.17) is 33.2 Å². The molecule has 15 heteroatoms. The number of amides is 2. The van der Waals surface area contributed by atoms with Crippen molar-refractivity contribution in [2.75, 3.05) is 12.0 Å². The molecule has 0 aliphatic carbocycles. The number of nitrogens with one attached hydrogen (secondary N) is 2. The second kappa shape index (κ2) is 12.1. The van der Waals surface area contributed by atoms with E-state index in [-0.39, 0.29) is 28.1 Å². The van der Waals surface area contributed by atoms with Crippen LogP contribution in [0.15, 0.2) is 53.8 Å². The summed E-state index contributed by atoms with van der Waals surface area (Å²) in [6.45, 7) is 1.53. The highest BCUT2D eigenvalue weighted by atomic mass is 35.5. The normalized spacial score (nSPS) is 11.3. The number of benzene rings is 2. The number of carbonyl (C=O) groups excluding carboxylic acids is 2. The maximum absolute atomic E-state index is 15.0. The molecule has 2 aromatic carbocycles. The quantitative estimate of drug-likeness (QED) is 0.253. The third-order valence-electron chi connectivity index (χ3n) is 4.48. The Morgan fingerprint density at radius 2 is 1.87 bits per heavy atom. The Hall–Kier alpha value is -4.54. The number of rotatable bonds is 8. The van der Waals surface area contributed by atoms with Gasteiger partial charge in [0, 0.05) is 5.56 Å². The molecule has 3 rings (SSSR count). The first kappa shape index (κ1) is 28.0. The number of hydrazone groups is 1. The Labute approximate surface area is 223 Å². The van der Waals surface area contributed by atoms with E-state index in [1.54, 1.807) is 11.4 Å². The van der Waals surface area contributed by atoms with Gasteiger partial charge in [-0.05, 0) is 19.1 Å². The molecule has 1 heterocycles. The van der Waals surface area contributed by atoms with Gasteiger partial charge >= 0.3 is 18.0 Å². The van der Waals surface area contributed by atoms with Gasteiger partial charge in [0.1, 0.15) is 6.07 Å². The van der Waals surface area contributed by atoms with Gasteiger partial charge in [0.05, 0.1) is 28.5 Å². The second-order valence-electron chi connectivity index (χ2n) is 7.06. The van der Waals surface area contributed by atoms with E-state index in [1.165, 1.54) is 49.4 Å². The molecule has 3 aromatic rings. The van der Waals surface area contributed by atoms with Crippen LogP contribution in [0.3, 0.4) is 0 Å². The molecular formula is C23H16Cl2F2N6O5. The summed E-state index contributed by atoms with van der Waals surface area (Å²) in [5, 5.41) is 24.2. The molecule has 0 fully saturated rings. The second-order valence-corrected chi connectivity index (χ2v) is 7.87. The first-order valence-corrected chi connectivity index (χ1v) is 11.2. The van der Waals surface area contributed by atoms with Crippen molar-refractivity contribution in [3.05, 3.63) is 70.0 Å². The van der Waals surface area contributed by atoms with Gasteiger partial charge in [0.2, 0.25) is 5.71 Å². The van der Waals surface area contributed by atoms with Crippen LogP contribution in [-0.4, -0.2) is 39.4 Å². The summed E-state index contributed by atoms with van der Waals surface area (Å²) in [7, 11) is 0. The lowest BCUT2D eigenvalue weighted by Gasteiger charge is -2.18. The molecular weight excluding hydrogens is 549 g/mol. The Morgan fingerprint density at radius 1 is 1.21 bits per heavy atom. The maximum atomic E-state index is 15.0. The molecule has 0 atom stereocenters. The standard InChI is InChI=1S/C23H16Cl2F2N6O5/c1-2-37-22(36)31-20(35)16(10-28)33-32-13-8-14(24)18(15(25)9-13)38-21-29-11-17(34)19(30-21)23(26,27)12-6-4-3-5-7-12/h3-9,11,32,34H,2H2,1H3,(H,31,35,36)/b33-16+. The number of anilines is 1. The number of hydrogen-bond donors (Lipinski definition) is 3. The number of hydrogen-bond acceptors (Lipinski definition) is 10. The van der Waals surface area contributed by atoms with Gasteiger partial charge in [-0.1, -0.05) is 53.5 Å². The van der Waals surface area contributed by atoms with Gasteiger partial charge in [-0.15, -0.1) is 0 Å². The number of alkyl carbamates (subject to hydrolysis) is 1. The molecule has 1 aromatic heterocycles. The van der Waals surface area contributed by atoms with Crippen LogP contribution in [0, 0.1) is 11.3 Å². The number of aromatic hydroxyl groups is 1. The minimum absolute atomic E-state index is 0.00770. The number of halogens is 4. The number of imide groups is 1. The predicted molar refractivity (Wildman–Crippen MR) is 132 cm³/mol. The molecule has 2 amide bonds. The number of nitrogens with zero attached hydrogens (tertiary/aromatic N) is 4. The monoisotopic (exact) mass is 564 g/mol. The summed E-state index contributed by atoms with van der Waals surface area (Å²) in [5.74, 6) is -5.88. The van der Waals surface area contributed by atoms with E-state index in [9.17, 15) is 23.5 Å². The third kappa shape index (κ3) is 6.61. The molecule has 0 unspecified atom stereocenters. The van der Waals surface area contributed by atoms with Crippen molar-refractivity contribution in [1.82, 2.24) is 15.3 Å². The molecule has 0 aliphatic heterocycles. The van der Waals surface area contributed by atoms with Crippen LogP contribution < -0.4 is 15.5 Å². The van der Waals surface area contributed by atoms with Gasteiger partial charge in [0.25, 0.3) is 5.91 Å². The van der Waals surface area contributed by atoms with E-state index < -0.39 is 46.7 Å². The zero-order chi connectivity index (χ0) is 27.9. The van der Waals surface area contributed by atoms with Gasteiger partial charge in [-0.25, -0.2) is 4.79 Å². The van der Waals surface area contributed by atoms with Crippen molar-refractivity contribution in [2.24, 2.45) is 5.10 Å². The first-order chi connectivity index (χ1) is 18.1. The third-order valence-corrected chi connectivity index (χ3v) is 5.04. The predicted octanol–water partition coefficient (Wildman–Crippen LogP) is 4.99. The summed E-state index contributed by atoms with van der Waals surface area (Å²) in [6, 6.07) is 10.1.